The lowest BCUT2D eigenvalue weighted by molar-refractivity contribution is -0.120. The Hall–Kier alpha value is -3.14. The van der Waals surface area contributed by atoms with Gasteiger partial charge in [-0.15, -0.1) is 4.47 Å². The number of anilines is 4. The van der Waals surface area contributed by atoms with Crippen molar-refractivity contribution in [3.63, 3.8) is 0 Å². The predicted octanol–water partition coefficient (Wildman–Crippen LogP) is 4.23. The Labute approximate surface area is 191 Å². The zero-order valence-corrected chi connectivity index (χ0v) is 18.7. The van der Waals surface area contributed by atoms with Crippen molar-refractivity contribution in [2.24, 2.45) is 0 Å². The van der Waals surface area contributed by atoms with E-state index in [1.54, 1.807) is 18.1 Å². The molecule has 1 fully saturated rings. The number of benzene rings is 2. The second kappa shape index (κ2) is 8.42. The summed E-state index contributed by atoms with van der Waals surface area (Å²) in [5, 5.41) is 13.2. The molecule has 1 aliphatic carbocycles. The quantitative estimate of drug-likeness (QED) is 0.428. The first-order valence-electron chi connectivity index (χ1n) is 10.5. The van der Waals surface area contributed by atoms with Crippen LogP contribution in [-0.4, -0.2) is 45.7 Å². The summed E-state index contributed by atoms with van der Waals surface area (Å²) in [6, 6.07) is 17.3. The molecular formula is C23H24N6O2S. The number of hydrogen-bond donors (Lipinski definition) is 2. The van der Waals surface area contributed by atoms with Gasteiger partial charge in [0, 0.05) is 30.7 Å². The molecule has 0 radical (unpaired) electrons. The first-order chi connectivity index (χ1) is 15.5. The van der Waals surface area contributed by atoms with Crippen LogP contribution in [0.1, 0.15) is 24.4 Å². The lowest BCUT2D eigenvalue weighted by atomic mass is 10.0. The molecule has 1 aromatic heterocycles. The Morgan fingerprint density at radius 2 is 1.81 bits per heavy atom. The van der Waals surface area contributed by atoms with Crippen LogP contribution < -0.4 is 15.1 Å². The predicted molar refractivity (Wildman–Crippen MR) is 125 cm³/mol. The second-order valence-electron chi connectivity index (χ2n) is 8.00. The summed E-state index contributed by atoms with van der Waals surface area (Å²) in [5.41, 5.74) is 2.43. The van der Waals surface area contributed by atoms with Crippen molar-refractivity contribution >= 4 is 41.0 Å². The number of likely N-dealkylation sites (N-methyl/N-ethyl adjacent to an activating group) is 2. The fraction of sp³-hybridized carbons (Fsp3) is 0.261. The van der Waals surface area contributed by atoms with Crippen LogP contribution in [0.5, 0.6) is 0 Å². The largest absolute Gasteiger partial charge is 0.342 e. The Balaban J connectivity index is 1.36. The summed E-state index contributed by atoms with van der Waals surface area (Å²) >= 11 is 1.33. The van der Waals surface area contributed by atoms with E-state index in [-0.39, 0.29) is 11.9 Å². The van der Waals surface area contributed by atoms with Crippen LogP contribution in [0.3, 0.4) is 0 Å². The van der Waals surface area contributed by atoms with E-state index in [0.717, 1.165) is 29.0 Å². The third-order valence-electron chi connectivity index (χ3n) is 5.68. The topological polar surface area (TPSA) is 84.8 Å². The highest BCUT2D eigenvalue weighted by atomic mass is 32.2. The highest BCUT2D eigenvalue weighted by Crippen LogP contribution is 2.39. The molecule has 0 spiro atoms. The molecular weight excluding hydrogens is 424 g/mol. The van der Waals surface area contributed by atoms with Gasteiger partial charge in [0.05, 0.1) is 6.20 Å². The molecule has 1 aliphatic heterocycles. The van der Waals surface area contributed by atoms with E-state index in [0.29, 0.717) is 17.5 Å². The summed E-state index contributed by atoms with van der Waals surface area (Å²) in [5.74, 6) is 1.12. The van der Waals surface area contributed by atoms with Crippen LogP contribution in [0, 0.1) is 0 Å². The van der Waals surface area contributed by atoms with Crippen molar-refractivity contribution in [3.05, 3.63) is 66.4 Å². The lowest BCUT2D eigenvalue weighted by Crippen LogP contribution is -2.45. The summed E-state index contributed by atoms with van der Waals surface area (Å²) < 4.78 is 1.33. The third kappa shape index (κ3) is 4.02. The molecule has 0 bridgehead atoms. The van der Waals surface area contributed by atoms with Gasteiger partial charge in [0.25, 0.3) is 5.91 Å². The number of aromatic nitrogens is 2. The molecule has 1 amide bonds. The average Bonchev–Trinajstić information content (AvgIpc) is 3.65. The van der Waals surface area contributed by atoms with Gasteiger partial charge in [0.2, 0.25) is 5.95 Å². The number of nitrogens with zero attached hydrogens (tertiary/aromatic N) is 5. The van der Waals surface area contributed by atoms with E-state index in [1.165, 1.54) is 16.4 Å². The molecule has 1 unspecified atom stereocenters. The van der Waals surface area contributed by atoms with Crippen molar-refractivity contribution in [2.45, 2.75) is 29.8 Å². The van der Waals surface area contributed by atoms with E-state index in [9.17, 15) is 10.0 Å². The van der Waals surface area contributed by atoms with Crippen LogP contribution in [0.15, 0.2) is 65.7 Å². The van der Waals surface area contributed by atoms with Crippen LogP contribution in [-0.2, 0) is 4.79 Å². The monoisotopic (exact) mass is 448 g/mol. The first-order valence-corrected chi connectivity index (χ1v) is 11.2. The van der Waals surface area contributed by atoms with Gasteiger partial charge < -0.3 is 20.3 Å². The molecule has 2 N–H and O–H groups in total. The van der Waals surface area contributed by atoms with E-state index in [1.807, 2.05) is 66.5 Å². The zero-order valence-electron chi connectivity index (χ0n) is 17.8. The minimum atomic E-state index is -0.444. The molecule has 1 atom stereocenters. The molecule has 164 valence electrons. The standard InChI is InChI=1S/C23H24N6O2S/c1-27-19-14-24-23(25-16-8-12-18(13-9-16)32-29(31)17-10-11-17)26-21(19)28(2)20(22(27)30)15-6-4-3-5-7-15/h3-9,12-14,17,20,31H,10-11H2,1-2H3,(H,24,25,26). The van der Waals surface area contributed by atoms with E-state index in [2.05, 4.69) is 10.3 Å². The third-order valence-corrected chi connectivity index (χ3v) is 6.65. The van der Waals surface area contributed by atoms with E-state index < -0.39 is 6.04 Å². The Morgan fingerprint density at radius 3 is 2.50 bits per heavy atom. The number of carbonyl (C=O) groups excluding carboxylic acids is 1. The molecule has 9 heteroatoms. The number of hydroxylamine groups is 1. The van der Waals surface area contributed by atoms with Crippen LogP contribution >= 0.6 is 11.9 Å². The van der Waals surface area contributed by atoms with Gasteiger partial charge in [-0.25, -0.2) is 4.98 Å². The van der Waals surface area contributed by atoms with Crippen molar-refractivity contribution in [1.29, 1.82) is 0 Å². The number of amides is 1. The molecule has 8 nitrogen and oxygen atoms in total. The molecule has 2 aliphatic rings. The van der Waals surface area contributed by atoms with Crippen molar-refractivity contribution in [1.82, 2.24) is 14.4 Å². The fourth-order valence-corrected chi connectivity index (χ4v) is 4.55. The summed E-state index contributed by atoms with van der Waals surface area (Å²) in [6.45, 7) is 0. The van der Waals surface area contributed by atoms with Crippen molar-refractivity contribution < 1.29 is 10.0 Å². The van der Waals surface area contributed by atoms with E-state index in [4.69, 9.17) is 4.98 Å². The van der Waals surface area contributed by atoms with Gasteiger partial charge in [0.1, 0.15) is 11.7 Å². The average molecular weight is 449 g/mol. The highest BCUT2D eigenvalue weighted by molar-refractivity contribution is 7.96. The molecule has 5 rings (SSSR count). The van der Waals surface area contributed by atoms with Gasteiger partial charge in [-0.1, -0.05) is 30.3 Å². The zero-order chi connectivity index (χ0) is 22.2. The Morgan fingerprint density at radius 1 is 1.09 bits per heavy atom. The van der Waals surface area contributed by atoms with Crippen LogP contribution in [0.25, 0.3) is 0 Å². The molecule has 1 saturated carbocycles. The van der Waals surface area contributed by atoms with Gasteiger partial charge in [-0.2, -0.15) is 4.98 Å². The molecule has 0 saturated heterocycles. The Kier molecular flexibility index (Phi) is 5.46. The smallest absolute Gasteiger partial charge is 0.254 e. The summed E-state index contributed by atoms with van der Waals surface area (Å²) in [4.78, 5) is 26.6. The fourth-order valence-electron chi connectivity index (χ4n) is 3.72. The van der Waals surface area contributed by atoms with Crippen molar-refractivity contribution in [2.75, 3.05) is 29.2 Å². The minimum absolute atomic E-state index is 0.0206. The summed E-state index contributed by atoms with van der Waals surface area (Å²) in [7, 11) is 3.63. The van der Waals surface area contributed by atoms with Gasteiger partial charge >= 0.3 is 0 Å². The number of fused-ring (bicyclic) bond motifs is 1. The van der Waals surface area contributed by atoms with Crippen LogP contribution in [0.2, 0.25) is 0 Å². The van der Waals surface area contributed by atoms with Crippen molar-refractivity contribution in [3.8, 4) is 0 Å². The maximum atomic E-state index is 13.0. The second-order valence-corrected chi connectivity index (χ2v) is 9.03. The van der Waals surface area contributed by atoms with Gasteiger partial charge in [-0.05, 0) is 54.6 Å². The number of carbonyl (C=O) groups is 1. The number of nitrogens with one attached hydrogen (secondary N) is 1. The molecule has 2 aromatic carbocycles. The summed E-state index contributed by atoms with van der Waals surface area (Å²) in [6.07, 6.45) is 3.75. The lowest BCUT2D eigenvalue weighted by Gasteiger charge is -2.38. The highest BCUT2D eigenvalue weighted by Gasteiger charge is 2.37. The number of rotatable bonds is 6. The molecule has 32 heavy (non-hydrogen) atoms. The Bertz CT molecular complexity index is 1120. The maximum absolute atomic E-state index is 13.0. The van der Waals surface area contributed by atoms with Crippen LogP contribution in [0.4, 0.5) is 23.1 Å². The SMILES string of the molecule is CN1C(=O)C(c2ccccc2)N(C)c2nc(Nc3ccc(SN(O)C4CC4)cc3)ncc21. The molecule has 3 aromatic rings. The minimum Gasteiger partial charge on any atom is -0.342 e. The number of hydrogen-bond acceptors (Lipinski definition) is 8. The van der Waals surface area contributed by atoms with Gasteiger partial charge in [-0.3, -0.25) is 4.79 Å². The van der Waals surface area contributed by atoms with E-state index >= 15 is 0 Å². The first kappa shape index (κ1) is 20.7. The maximum Gasteiger partial charge on any atom is 0.254 e. The molecule has 2 heterocycles. The normalized spacial score (nSPS) is 18.1. The van der Waals surface area contributed by atoms with Gasteiger partial charge in [0.15, 0.2) is 5.82 Å².